The molecule has 0 atom stereocenters. The van der Waals surface area contributed by atoms with Gasteiger partial charge in [-0.3, -0.25) is 4.72 Å². The van der Waals surface area contributed by atoms with Gasteiger partial charge in [0.1, 0.15) is 15.3 Å². The van der Waals surface area contributed by atoms with Crippen molar-refractivity contribution in [1.82, 2.24) is 4.98 Å². The Morgan fingerprint density at radius 3 is 2.45 bits per heavy atom. The first-order valence-corrected chi connectivity index (χ1v) is 9.27. The molecule has 1 aromatic heterocycles. The maximum Gasteiger partial charge on any atom is 0.264 e. The Morgan fingerprint density at radius 1 is 1.10 bits per heavy atom. The number of aromatic nitrogens is 1. The largest absolute Gasteiger partial charge is 0.264 e. The second-order valence-electron chi connectivity index (χ2n) is 3.98. The fourth-order valence-corrected chi connectivity index (χ4v) is 4.52. The van der Waals surface area contributed by atoms with E-state index in [0.29, 0.717) is 9.08 Å². The van der Waals surface area contributed by atoms with Gasteiger partial charge in [0, 0.05) is 8.95 Å². The molecule has 0 amide bonds. The van der Waals surface area contributed by atoms with Crippen LogP contribution in [0, 0.1) is 6.92 Å². The van der Waals surface area contributed by atoms with Gasteiger partial charge < -0.3 is 0 Å². The summed E-state index contributed by atoms with van der Waals surface area (Å²) in [5, 5.41) is 0. The number of sulfonamides is 1. The Bertz CT molecular complexity index is 763. The smallest absolute Gasteiger partial charge is 0.263 e. The Hall–Kier alpha value is -0.440. The van der Waals surface area contributed by atoms with Crippen molar-refractivity contribution in [3.63, 3.8) is 0 Å². The zero-order chi connectivity index (χ0) is 14.9. The van der Waals surface area contributed by atoms with Crippen LogP contribution in [0.5, 0.6) is 0 Å². The lowest BCUT2D eigenvalue weighted by Crippen LogP contribution is -2.14. The first kappa shape index (κ1) is 15.9. The number of pyridine rings is 1. The topological polar surface area (TPSA) is 59.1 Å². The summed E-state index contributed by atoms with van der Waals surface area (Å²) < 4.78 is 29.0. The molecular formula is C12H9Br3N2O2S. The van der Waals surface area contributed by atoms with E-state index >= 15 is 0 Å². The van der Waals surface area contributed by atoms with Gasteiger partial charge in [-0.05, 0) is 68.6 Å². The molecule has 0 aliphatic heterocycles. The molecule has 0 saturated carbocycles. The van der Waals surface area contributed by atoms with Gasteiger partial charge in [-0.25, -0.2) is 13.4 Å². The zero-order valence-electron chi connectivity index (χ0n) is 10.2. The van der Waals surface area contributed by atoms with Crippen molar-refractivity contribution in [2.45, 2.75) is 11.8 Å². The van der Waals surface area contributed by atoms with E-state index in [-0.39, 0.29) is 10.7 Å². The SMILES string of the molecule is Cc1cc(Br)c(S(=O)(=O)Nc2cccc(Br)n2)cc1Br. The van der Waals surface area contributed by atoms with Crippen LogP contribution in [-0.4, -0.2) is 13.4 Å². The molecule has 8 heteroatoms. The molecular weight excluding hydrogens is 476 g/mol. The molecule has 0 fully saturated rings. The van der Waals surface area contributed by atoms with Crippen LogP contribution >= 0.6 is 47.8 Å². The minimum atomic E-state index is -3.71. The van der Waals surface area contributed by atoms with E-state index in [1.807, 2.05) is 6.92 Å². The standard InChI is InChI=1S/C12H9Br3N2O2S/c1-7-5-9(14)10(6-8(7)13)20(18,19)17-12-4-2-3-11(15)16-12/h2-6H,1H3,(H,16,17). The van der Waals surface area contributed by atoms with Gasteiger partial charge in [0.05, 0.1) is 0 Å². The zero-order valence-corrected chi connectivity index (χ0v) is 15.8. The van der Waals surface area contributed by atoms with Crippen LogP contribution in [0.4, 0.5) is 5.82 Å². The van der Waals surface area contributed by atoms with E-state index in [9.17, 15) is 8.42 Å². The molecule has 1 aromatic carbocycles. The van der Waals surface area contributed by atoms with Crippen LogP contribution in [0.15, 0.2) is 48.8 Å². The molecule has 0 aliphatic carbocycles. The number of aryl methyl sites for hydroxylation is 1. The number of benzene rings is 1. The van der Waals surface area contributed by atoms with Gasteiger partial charge in [-0.1, -0.05) is 22.0 Å². The quantitative estimate of drug-likeness (QED) is 0.653. The summed E-state index contributed by atoms with van der Waals surface area (Å²) >= 11 is 9.81. The normalized spacial score (nSPS) is 11.4. The first-order chi connectivity index (χ1) is 9.29. The maximum atomic E-state index is 12.4. The molecule has 1 N–H and O–H groups in total. The fourth-order valence-electron chi connectivity index (χ4n) is 1.49. The molecule has 0 unspecified atom stereocenters. The summed E-state index contributed by atoms with van der Waals surface area (Å²) in [6.07, 6.45) is 0. The average molecular weight is 485 g/mol. The molecule has 1 heterocycles. The van der Waals surface area contributed by atoms with E-state index in [2.05, 4.69) is 57.5 Å². The molecule has 0 saturated heterocycles. The van der Waals surface area contributed by atoms with Crippen LogP contribution in [0.2, 0.25) is 0 Å². The number of hydrogen-bond acceptors (Lipinski definition) is 3. The average Bonchev–Trinajstić information content (AvgIpc) is 2.33. The van der Waals surface area contributed by atoms with Gasteiger partial charge in [-0.15, -0.1) is 0 Å². The van der Waals surface area contributed by atoms with Crippen molar-refractivity contribution >= 4 is 63.6 Å². The molecule has 0 radical (unpaired) electrons. The maximum absolute atomic E-state index is 12.4. The minimum absolute atomic E-state index is 0.150. The fraction of sp³-hybridized carbons (Fsp3) is 0.0833. The highest BCUT2D eigenvalue weighted by Crippen LogP contribution is 2.29. The van der Waals surface area contributed by atoms with Crippen molar-refractivity contribution in [3.05, 3.63) is 49.4 Å². The number of hydrogen-bond donors (Lipinski definition) is 1. The third-order valence-electron chi connectivity index (χ3n) is 2.46. The van der Waals surface area contributed by atoms with E-state index < -0.39 is 10.0 Å². The number of nitrogens with zero attached hydrogens (tertiary/aromatic N) is 1. The second-order valence-corrected chi connectivity index (χ2v) is 8.15. The molecule has 2 aromatic rings. The second kappa shape index (κ2) is 6.13. The molecule has 0 bridgehead atoms. The summed E-state index contributed by atoms with van der Waals surface area (Å²) in [6.45, 7) is 1.88. The highest BCUT2D eigenvalue weighted by molar-refractivity contribution is 9.11. The van der Waals surface area contributed by atoms with Crippen LogP contribution in [-0.2, 0) is 10.0 Å². The predicted octanol–water partition coefficient (Wildman–Crippen LogP) is 4.48. The lowest BCUT2D eigenvalue weighted by atomic mass is 10.2. The van der Waals surface area contributed by atoms with Gasteiger partial charge in [0.2, 0.25) is 0 Å². The third kappa shape index (κ3) is 3.60. The number of halogens is 3. The highest BCUT2D eigenvalue weighted by Gasteiger charge is 2.19. The van der Waals surface area contributed by atoms with Crippen LogP contribution in [0.3, 0.4) is 0 Å². The molecule has 0 aliphatic rings. The number of rotatable bonds is 3. The lowest BCUT2D eigenvalue weighted by molar-refractivity contribution is 0.600. The van der Waals surface area contributed by atoms with E-state index in [1.165, 1.54) is 0 Å². The summed E-state index contributed by atoms with van der Waals surface area (Å²) in [5.41, 5.74) is 0.941. The monoisotopic (exact) mass is 482 g/mol. The van der Waals surface area contributed by atoms with E-state index in [1.54, 1.807) is 30.3 Å². The Kier molecular flexibility index (Phi) is 4.88. The highest BCUT2D eigenvalue weighted by atomic mass is 79.9. The van der Waals surface area contributed by atoms with Crippen molar-refractivity contribution in [2.24, 2.45) is 0 Å². The van der Waals surface area contributed by atoms with Gasteiger partial charge in [0.15, 0.2) is 0 Å². The van der Waals surface area contributed by atoms with Crippen LogP contribution in [0.25, 0.3) is 0 Å². The first-order valence-electron chi connectivity index (χ1n) is 5.40. The molecule has 106 valence electrons. The summed E-state index contributed by atoms with van der Waals surface area (Å²) in [5.74, 6) is 0.253. The lowest BCUT2D eigenvalue weighted by Gasteiger charge is -2.11. The number of nitrogens with one attached hydrogen (secondary N) is 1. The Labute approximate surface area is 142 Å². The van der Waals surface area contributed by atoms with Crippen LogP contribution < -0.4 is 4.72 Å². The molecule has 2 rings (SSSR count). The van der Waals surface area contributed by atoms with E-state index in [4.69, 9.17) is 0 Å². The van der Waals surface area contributed by atoms with Crippen molar-refractivity contribution in [1.29, 1.82) is 0 Å². The molecule has 20 heavy (non-hydrogen) atoms. The van der Waals surface area contributed by atoms with Crippen LogP contribution in [0.1, 0.15) is 5.56 Å². The van der Waals surface area contributed by atoms with Gasteiger partial charge >= 0.3 is 0 Å². The van der Waals surface area contributed by atoms with E-state index in [0.717, 1.165) is 10.0 Å². The Balaban J connectivity index is 2.43. The van der Waals surface area contributed by atoms with Crippen molar-refractivity contribution in [2.75, 3.05) is 4.72 Å². The molecule has 0 spiro atoms. The predicted molar refractivity (Wildman–Crippen MR) is 89.3 cm³/mol. The summed E-state index contributed by atoms with van der Waals surface area (Å²) in [7, 11) is -3.71. The minimum Gasteiger partial charge on any atom is -0.263 e. The number of anilines is 1. The van der Waals surface area contributed by atoms with Gasteiger partial charge in [-0.2, -0.15) is 0 Å². The Morgan fingerprint density at radius 2 is 1.80 bits per heavy atom. The summed E-state index contributed by atoms with van der Waals surface area (Å²) in [4.78, 5) is 4.20. The molecule has 4 nitrogen and oxygen atoms in total. The summed E-state index contributed by atoms with van der Waals surface area (Å²) in [6, 6.07) is 8.30. The van der Waals surface area contributed by atoms with Gasteiger partial charge in [0.25, 0.3) is 10.0 Å². The third-order valence-corrected chi connectivity index (χ3v) is 6.07. The van der Waals surface area contributed by atoms with Crippen molar-refractivity contribution < 1.29 is 8.42 Å². The van der Waals surface area contributed by atoms with Crippen molar-refractivity contribution in [3.8, 4) is 0 Å².